The lowest BCUT2D eigenvalue weighted by Crippen LogP contribution is -2.41. The number of thioether (sulfide) groups is 1. The maximum Gasteiger partial charge on any atom is 0.115 e. The summed E-state index contributed by atoms with van der Waals surface area (Å²) < 4.78 is 0. The number of halogens is 1. The van der Waals surface area contributed by atoms with Crippen molar-refractivity contribution in [3.63, 3.8) is 0 Å². The molecule has 0 aliphatic heterocycles. The predicted octanol–water partition coefficient (Wildman–Crippen LogP) is 3.89. The van der Waals surface area contributed by atoms with E-state index in [1.54, 1.807) is 18.0 Å². The van der Waals surface area contributed by atoms with E-state index in [2.05, 4.69) is 23.3 Å². The molecule has 1 rings (SSSR count). The minimum Gasteiger partial charge on any atom is -0.300 e. The third-order valence-corrected chi connectivity index (χ3v) is 4.31. The lowest BCUT2D eigenvalue weighted by Gasteiger charge is -2.22. The van der Waals surface area contributed by atoms with Crippen LogP contribution in [-0.4, -0.2) is 22.8 Å². The summed E-state index contributed by atoms with van der Waals surface area (Å²) in [5.74, 6) is 0.918. The van der Waals surface area contributed by atoms with Gasteiger partial charge in [-0.25, -0.2) is 4.98 Å². The van der Waals surface area contributed by atoms with Crippen molar-refractivity contribution < 1.29 is 0 Å². The van der Waals surface area contributed by atoms with Gasteiger partial charge in [-0.3, -0.25) is 5.32 Å². The quantitative estimate of drug-likeness (QED) is 0.584. The number of pyridine rings is 1. The summed E-state index contributed by atoms with van der Waals surface area (Å²) in [7, 11) is 0. The molecule has 1 N–H and O–H groups in total. The molecule has 1 atom stereocenters. The van der Waals surface area contributed by atoms with Crippen molar-refractivity contribution in [2.24, 2.45) is 0 Å². The van der Waals surface area contributed by atoms with Crippen LogP contribution >= 0.6 is 23.4 Å². The largest absolute Gasteiger partial charge is 0.300 e. The number of nitriles is 1. The van der Waals surface area contributed by atoms with E-state index in [9.17, 15) is 5.26 Å². The van der Waals surface area contributed by atoms with Gasteiger partial charge >= 0.3 is 0 Å². The second-order valence-corrected chi connectivity index (χ2v) is 6.10. The van der Waals surface area contributed by atoms with Gasteiger partial charge < -0.3 is 0 Å². The molecule has 1 aromatic rings. The molecule has 1 unspecified atom stereocenters. The molecule has 0 bridgehead atoms. The molecule has 0 radical (unpaired) electrons. The SMILES string of the molecule is CCCNC(C)(C#N)CCCSc1ncccc1Cl. The van der Waals surface area contributed by atoms with Crippen LogP contribution in [0.2, 0.25) is 5.02 Å². The second-order valence-electron chi connectivity index (χ2n) is 4.61. The van der Waals surface area contributed by atoms with Gasteiger partial charge in [-0.05, 0) is 50.6 Å². The normalized spacial score (nSPS) is 13.8. The van der Waals surface area contributed by atoms with Crippen LogP contribution in [0.1, 0.15) is 33.1 Å². The zero-order chi connectivity index (χ0) is 14.1. The Labute approximate surface area is 124 Å². The van der Waals surface area contributed by atoms with Crippen LogP contribution in [0.3, 0.4) is 0 Å². The fraction of sp³-hybridized carbons (Fsp3) is 0.571. The van der Waals surface area contributed by atoms with Crippen molar-refractivity contribution in [1.82, 2.24) is 10.3 Å². The summed E-state index contributed by atoms with van der Waals surface area (Å²) in [5, 5.41) is 14.1. The summed E-state index contributed by atoms with van der Waals surface area (Å²) in [6.45, 7) is 4.94. The summed E-state index contributed by atoms with van der Waals surface area (Å²) in [5.41, 5.74) is -0.426. The molecule has 3 nitrogen and oxygen atoms in total. The highest BCUT2D eigenvalue weighted by Gasteiger charge is 2.21. The number of rotatable bonds is 8. The van der Waals surface area contributed by atoms with Gasteiger partial charge in [0.2, 0.25) is 0 Å². The van der Waals surface area contributed by atoms with E-state index in [4.69, 9.17) is 11.6 Å². The molecule has 5 heteroatoms. The Morgan fingerprint density at radius 2 is 2.37 bits per heavy atom. The standard InChI is InChI=1S/C14H20ClN3S/c1-3-8-18-14(2,11-16)7-5-10-19-13-12(15)6-4-9-17-13/h4,6,9,18H,3,5,7-8,10H2,1-2H3. The Bertz CT molecular complexity index is 433. The van der Waals surface area contributed by atoms with Gasteiger partial charge in [0, 0.05) is 6.20 Å². The van der Waals surface area contributed by atoms with E-state index in [1.165, 1.54) is 0 Å². The van der Waals surface area contributed by atoms with Crippen molar-refractivity contribution in [3.05, 3.63) is 23.4 Å². The van der Waals surface area contributed by atoms with E-state index in [-0.39, 0.29) is 0 Å². The van der Waals surface area contributed by atoms with Gasteiger partial charge in [-0.15, -0.1) is 11.8 Å². The average molecular weight is 298 g/mol. The molecule has 0 spiro atoms. The Morgan fingerprint density at radius 1 is 1.58 bits per heavy atom. The Hall–Kier alpha value is -0.760. The van der Waals surface area contributed by atoms with Crippen LogP contribution in [-0.2, 0) is 0 Å². The maximum atomic E-state index is 9.22. The second kappa shape index (κ2) is 8.42. The zero-order valence-electron chi connectivity index (χ0n) is 11.4. The molecule has 0 aliphatic rings. The van der Waals surface area contributed by atoms with Crippen LogP contribution in [0, 0.1) is 11.3 Å². The minimum absolute atomic E-state index is 0.426. The van der Waals surface area contributed by atoms with E-state index in [1.807, 2.05) is 19.1 Å². The van der Waals surface area contributed by atoms with Crippen LogP contribution in [0.4, 0.5) is 0 Å². The minimum atomic E-state index is -0.426. The molecule has 0 aromatic carbocycles. The Morgan fingerprint density at radius 3 is 3.00 bits per heavy atom. The first-order chi connectivity index (χ1) is 9.11. The summed E-state index contributed by atoms with van der Waals surface area (Å²) in [6.07, 6.45) is 4.57. The molecular formula is C14H20ClN3S. The van der Waals surface area contributed by atoms with E-state index >= 15 is 0 Å². The molecule has 1 aromatic heterocycles. The van der Waals surface area contributed by atoms with Gasteiger partial charge in [0.1, 0.15) is 10.6 Å². The topological polar surface area (TPSA) is 48.7 Å². The summed E-state index contributed by atoms with van der Waals surface area (Å²) in [4.78, 5) is 4.23. The lowest BCUT2D eigenvalue weighted by atomic mass is 9.98. The Kier molecular flexibility index (Phi) is 7.22. The van der Waals surface area contributed by atoms with E-state index in [0.29, 0.717) is 5.02 Å². The van der Waals surface area contributed by atoms with Crippen LogP contribution < -0.4 is 5.32 Å². The highest BCUT2D eigenvalue weighted by molar-refractivity contribution is 7.99. The first-order valence-corrected chi connectivity index (χ1v) is 7.87. The van der Waals surface area contributed by atoms with Crippen LogP contribution in [0.15, 0.2) is 23.4 Å². The van der Waals surface area contributed by atoms with Gasteiger partial charge in [0.15, 0.2) is 0 Å². The first-order valence-electron chi connectivity index (χ1n) is 6.51. The fourth-order valence-electron chi connectivity index (χ4n) is 1.66. The molecule has 0 saturated carbocycles. The fourth-order valence-corrected chi connectivity index (χ4v) is 2.77. The van der Waals surface area contributed by atoms with E-state index in [0.717, 1.165) is 36.6 Å². The number of nitrogens with zero attached hydrogens (tertiary/aromatic N) is 2. The number of nitrogens with one attached hydrogen (secondary N) is 1. The van der Waals surface area contributed by atoms with Gasteiger partial charge in [-0.2, -0.15) is 5.26 Å². The Balaban J connectivity index is 2.34. The monoisotopic (exact) mass is 297 g/mol. The van der Waals surface area contributed by atoms with Crippen molar-refractivity contribution in [1.29, 1.82) is 5.26 Å². The smallest absolute Gasteiger partial charge is 0.115 e. The third kappa shape index (κ3) is 5.82. The van der Waals surface area contributed by atoms with Crippen LogP contribution in [0.25, 0.3) is 0 Å². The number of hydrogen-bond donors (Lipinski definition) is 1. The van der Waals surface area contributed by atoms with Crippen molar-refractivity contribution >= 4 is 23.4 Å². The molecule has 0 aliphatic carbocycles. The average Bonchev–Trinajstić information content (AvgIpc) is 2.43. The molecule has 1 heterocycles. The highest BCUT2D eigenvalue weighted by Crippen LogP contribution is 2.25. The van der Waals surface area contributed by atoms with Crippen molar-refractivity contribution in [2.45, 2.75) is 43.7 Å². The van der Waals surface area contributed by atoms with Crippen molar-refractivity contribution in [2.75, 3.05) is 12.3 Å². The van der Waals surface area contributed by atoms with Gasteiger partial charge in [0.05, 0.1) is 11.1 Å². The first kappa shape index (κ1) is 16.3. The molecule has 19 heavy (non-hydrogen) atoms. The summed E-state index contributed by atoms with van der Waals surface area (Å²) >= 11 is 7.68. The molecule has 0 amide bonds. The number of hydrogen-bond acceptors (Lipinski definition) is 4. The van der Waals surface area contributed by atoms with Gasteiger partial charge in [-0.1, -0.05) is 18.5 Å². The lowest BCUT2D eigenvalue weighted by molar-refractivity contribution is 0.415. The zero-order valence-corrected chi connectivity index (χ0v) is 13.0. The molecular weight excluding hydrogens is 278 g/mol. The van der Waals surface area contributed by atoms with Crippen LogP contribution in [0.5, 0.6) is 0 Å². The number of aromatic nitrogens is 1. The third-order valence-electron chi connectivity index (χ3n) is 2.80. The van der Waals surface area contributed by atoms with E-state index < -0.39 is 5.54 Å². The predicted molar refractivity (Wildman–Crippen MR) is 81.5 cm³/mol. The molecule has 0 saturated heterocycles. The molecule has 104 valence electrons. The highest BCUT2D eigenvalue weighted by atomic mass is 35.5. The summed E-state index contributed by atoms with van der Waals surface area (Å²) in [6, 6.07) is 6.03. The maximum absolute atomic E-state index is 9.22. The molecule has 0 fully saturated rings. The van der Waals surface area contributed by atoms with Gasteiger partial charge in [0.25, 0.3) is 0 Å². The van der Waals surface area contributed by atoms with Crippen molar-refractivity contribution in [3.8, 4) is 6.07 Å².